The van der Waals surface area contributed by atoms with Crippen LogP contribution in [-0.4, -0.2) is 31.3 Å². The first kappa shape index (κ1) is 22.3. The van der Waals surface area contributed by atoms with Crippen LogP contribution in [0.5, 0.6) is 0 Å². The van der Waals surface area contributed by atoms with Gasteiger partial charge >= 0.3 is 0 Å². The van der Waals surface area contributed by atoms with Gasteiger partial charge in [-0.3, -0.25) is 9.79 Å². The van der Waals surface area contributed by atoms with Crippen LogP contribution in [0.4, 0.5) is 8.78 Å². The van der Waals surface area contributed by atoms with E-state index in [0.717, 1.165) is 23.5 Å². The Labute approximate surface area is 175 Å². The van der Waals surface area contributed by atoms with Gasteiger partial charge in [-0.2, -0.15) is 0 Å². The van der Waals surface area contributed by atoms with Crippen molar-refractivity contribution < 1.29 is 13.6 Å². The minimum absolute atomic E-state index is 0.111. The molecule has 2 aromatic rings. The summed E-state index contributed by atoms with van der Waals surface area (Å²) < 4.78 is 26.8. The maximum Gasteiger partial charge on any atom is 0.261 e. The smallest absolute Gasteiger partial charge is 0.261 e. The Morgan fingerprint density at radius 2 is 2.07 bits per heavy atom. The van der Waals surface area contributed by atoms with Crippen LogP contribution in [0.25, 0.3) is 0 Å². The lowest BCUT2D eigenvalue weighted by molar-refractivity contribution is 0.0942. The van der Waals surface area contributed by atoms with E-state index in [1.807, 2.05) is 0 Å². The molecule has 10 heteroatoms. The number of carbonyl (C=O) groups is 1. The van der Waals surface area contributed by atoms with Crippen LogP contribution in [0, 0.1) is 11.6 Å². The Kier molecular flexibility index (Phi) is 7.94. The summed E-state index contributed by atoms with van der Waals surface area (Å²) in [5.41, 5.74) is 12.5. The van der Waals surface area contributed by atoms with Gasteiger partial charge in [-0.05, 0) is 30.2 Å². The first-order valence-corrected chi connectivity index (χ1v) is 9.67. The number of amides is 1. The minimum Gasteiger partial charge on any atom is -0.403 e. The van der Waals surface area contributed by atoms with E-state index in [0.29, 0.717) is 26.1 Å². The number of hydrogen-bond acceptors (Lipinski definition) is 5. The molecule has 0 unspecified atom stereocenters. The van der Waals surface area contributed by atoms with Crippen molar-refractivity contribution in [1.82, 2.24) is 5.32 Å². The van der Waals surface area contributed by atoms with Crippen LogP contribution >= 0.6 is 34.5 Å². The number of carbonyl (C=O) groups excluding carboxylic acids is 1. The highest BCUT2D eigenvalue weighted by Crippen LogP contribution is 2.30. The van der Waals surface area contributed by atoms with Crippen LogP contribution in [0.2, 0.25) is 4.34 Å². The van der Waals surface area contributed by atoms with Gasteiger partial charge in [0.15, 0.2) is 11.6 Å². The van der Waals surface area contributed by atoms with E-state index < -0.39 is 23.6 Å². The summed E-state index contributed by atoms with van der Waals surface area (Å²) >= 11 is 13.3. The lowest BCUT2D eigenvalue weighted by Crippen LogP contribution is -2.41. The molecule has 2 rings (SSSR count). The topological polar surface area (TPSA) is 93.5 Å². The van der Waals surface area contributed by atoms with Crippen molar-refractivity contribution in [1.29, 1.82) is 0 Å². The maximum absolute atomic E-state index is 13.4. The normalized spacial score (nSPS) is 13.5. The molecule has 1 aromatic carbocycles. The molecule has 0 saturated heterocycles. The van der Waals surface area contributed by atoms with E-state index in [-0.39, 0.29) is 18.0 Å². The highest BCUT2D eigenvalue weighted by atomic mass is 35.5. The second kappa shape index (κ2) is 9.97. The quantitative estimate of drug-likeness (QED) is 0.568. The van der Waals surface area contributed by atoms with Crippen LogP contribution in [0.1, 0.15) is 20.8 Å². The number of rotatable bonds is 7. The third-order valence-electron chi connectivity index (χ3n) is 3.85. The van der Waals surface area contributed by atoms with Gasteiger partial charge in [-0.15, -0.1) is 11.3 Å². The number of nitrogens with one attached hydrogen (secondary N) is 1. The lowest BCUT2D eigenvalue weighted by atomic mass is 10.1. The minimum atomic E-state index is -0.953. The molecule has 1 atom stereocenters. The van der Waals surface area contributed by atoms with Crippen molar-refractivity contribution in [3.63, 3.8) is 0 Å². The summed E-state index contributed by atoms with van der Waals surface area (Å²) in [6.45, 7) is 0.111. The van der Waals surface area contributed by atoms with E-state index in [1.54, 1.807) is 6.07 Å². The SMILES string of the molecule is CN=C(C(Cl)=CN)c1cc(C(=O)N[C@H](CN)Cc2ccc(F)c(F)c2)sc1Cl. The fourth-order valence-corrected chi connectivity index (χ4v) is 3.84. The van der Waals surface area contributed by atoms with Crippen LogP contribution < -0.4 is 16.8 Å². The fraction of sp³-hybridized carbons (Fsp3) is 0.222. The van der Waals surface area contributed by atoms with E-state index >= 15 is 0 Å². The van der Waals surface area contributed by atoms with Crippen molar-refractivity contribution in [3.05, 3.63) is 67.5 Å². The van der Waals surface area contributed by atoms with Gasteiger partial charge in [0.25, 0.3) is 5.91 Å². The van der Waals surface area contributed by atoms with Gasteiger partial charge in [-0.25, -0.2) is 8.78 Å². The molecule has 0 aliphatic heterocycles. The molecule has 0 aliphatic rings. The number of aliphatic imine (C=N–C) groups is 1. The summed E-state index contributed by atoms with van der Waals surface area (Å²) in [6, 6.07) is 4.63. The summed E-state index contributed by atoms with van der Waals surface area (Å²) in [6.07, 6.45) is 1.43. The third-order valence-corrected chi connectivity index (χ3v) is 5.51. The fourth-order valence-electron chi connectivity index (χ4n) is 2.48. The van der Waals surface area contributed by atoms with E-state index in [4.69, 9.17) is 34.7 Å². The summed E-state index contributed by atoms with van der Waals surface area (Å²) in [5.74, 6) is -2.29. The van der Waals surface area contributed by atoms with Gasteiger partial charge in [0.2, 0.25) is 0 Å². The molecule has 28 heavy (non-hydrogen) atoms. The van der Waals surface area contributed by atoms with Gasteiger partial charge in [0.1, 0.15) is 4.34 Å². The predicted molar refractivity (Wildman–Crippen MR) is 110 cm³/mol. The van der Waals surface area contributed by atoms with Crippen molar-refractivity contribution in [2.75, 3.05) is 13.6 Å². The highest BCUT2D eigenvalue weighted by molar-refractivity contribution is 7.18. The Morgan fingerprint density at radius 3 is 2.64 bits per heavy atom. The first-order valence-electron chi connectivity index (χ1n) is 8.09. The zero-order valence-corrected chi connectivity index (χ0v) is 17.1. The molecule has 1 aromatic heterocycles. The van der Waals surface area contributed by atoms with Gasteiger partial charge < -0.3 is 16.8 Å². The number of allylic oxidation sites excluding steroid dienone is 1. The molecule has 0 saturated carbocycles. The van der Waals surface area contributed by atoms with E-state index in [1.165, 1.54) is 19.3 Å². The van der Waals surface area contributed by atoms with Crippen LogP contribution in [0.15, 0.2) is 40.5 Å². The molecular weight excluding hydrogens is 429 g/mol. The number of nitrogens with two attached hydrogens (primary N) is 2. The Morgan fingerprint density at radius 1 is 1.36 bits per heavy atom. The molecule has 0 spiro atoms. The second-order valence-corrected chi connectivity index (χ2v) is 7.80. The summed E-state index contributed by atoms with van der Waals surface area (Å²) in [4.78, 5) is 17.0. The zero-order valence-electron chi connectivity index (χ0n) is 14.8. The van der Waals surface area contributed by atoms with Crippen molar-refractivity contribution >= 4 is 46.2 Å². The molecular formula is C18H18Cl2F2N4OS. The number of hydrogen-bond donors (Lipinski definition) is 3. The zero-order chi connectivity index (χ0) is 20.8. The molecule has 0 aliphatic carbocycles. The lowest BCUT2D eigenvalue weighted by Gasteiger charge is -2.16. The molecule has 150 valence electrons. The van der Waals surface area contributed by atoms with Crippen LogP contribution in [0.3, 0.4) is 0 Å². The predicted octanol–water partition coefficient (Wildman–Crippen LogP) is 3.44. The second-order valence-electron chi connectivity index (χ2n) is 5.74. The maximum atomic E-state index is 13.4. The van der Waals surface area contributed by atoms with E-state index in [2.05, 4.69) is 10.3 Å². The Bertz CT molecular complexity index is 930. The largest absolute Gasteiger partial charge is 0.403 e. The van der Waals surface area contributed by atoms with Gasteiger partial charge in [-0.1, -0.05) is 29.3 Å². The molecule has 5 nitrogen and oxygen atoms in total. The van der Waals surface area contributed by atoms with Gasteiger partial charge in [0, 0.05) is 31.4 Å². The molecule has 1 amide bonds. The van der Waals surface area contributed by atoms with Crippen molar-refractivity contribution in [3.8, 4) is 0 Å². The summed E-state index contributed by atoms with van der Waals surface area (Å²) in [7, 11) is 1.53. The van der Waals surface area contributed by atoms with Crippen molar-refractivity contribution in [2.24, 2.45) is 16.5 Å². The first-order chi connectivity index (χ1) is 13.3. The number of benzene rings is 1. The molecule has 0 fully saturated rings. The van der Waals surface area contributed by atoms with E-state index in [9.17, 15) is 13.6 Å². The standard InChI is InChI=1S/C18H18Cl2F2N4OS/c1-25-16(12(19)8-24)11-6-15(28-17(11)20)18(27)26-10(7-23)4-9-2-3-13(21)14(22)5-9/h2-3,5-6,8,10H,4,7,23-24H2,1H3,(H,26,27)/t10-/m0/s1. The average Bonchev–Trinajstić information content (AvgIpc) is 3.06. The Balaban J connectivity index is 2.16. The molecule has 0 bridgehead atoms. The van der Waals surface area contributed by atoms with Crippen LogP contribution in [-0.2, 0) is 6.42 Å². The highest BCUT2D eigenvalue weighted by Gasteiger charge is 2.21. The monoisotopic (exact) mass is 446 g/mol. The molecule has 5 N–H and O–H groups in total. The number of nitrogens with zero attached hydrogens (tertiary/aromatic N) is 1. The molecule has 0 radical (unpaired) electrons. The number of thiophene rings is 1. The third kappa shape index (κ3) is 5.29. The average molecular weight is 447 g/mol. The molecule has 1 heterocycles. The van der Waals surface area contributed by atoms with Crippen molar-refractivity contribution in [2.45, 2.75) is 12.5 Å². The van der Waals surface area contributed by atoms with Gasteiger partial charge in [0.05, 0.1) is 15.6 Å². The summed E-state index contributed by atoms with van der Waals surface area (Å²) in [5, 5.41) is 2.97. The Hall–Kier alpha value is -2.00. The number of halogens is 4.